The zero-order chi connectivity index (χ0) is 22.3. The molecular formula is C22H21FN2O5S. The van der Waals surface area contributed by atoms with Crippen LogP contribution >= 0.6 is 0 Å². The smallest absolute Gasteiger partial charge is 0.262 e. The van der Waals surface area contributed by atoms with Crippen LogP contribution in [-0.2, 0) is 14.8 Å². The number of carbonyl (C=O) groups is 1. The van der Waals surface area contributed by atoms with Crippen molar-refractivity contribution in [1.82, 2.24) is 0 Å². The zero-order valence-corrected chi connectivity index (χ0v) is 17.5. The molecule has 162 valence electrons. The van der Waals surface area contributed by atoms with Crippen LogP contribution in [0.5, 0.6) is 11.5 Å². The predicted octanol–water partition coefficient (Wildman–Crippen LogP) is 4.04. The van der Waals surface area contributed by atoms with Gasteiger partial charge in [0.15, 0.2) is 18.1 Å². The van der Waals surface area contributed by atoms with Crippen LogP contribution in [0.2, 0.25) is 0 Å². The van der Waals surface area contributed by atoms with E-state index < -0.39 is 21.7 Å². The van der Waals surface area contributed by atoms with Crippen LogP contribution in [0.25, 0.3) is 0 Å². The highest BCUT2D eigenvalue weighted by atomic mass is 32.2. The molecule has 3 aromatic carbocycles. The summed E-state index contributed by atoms with van der Waals surface area (Å²) in [5, 5.41) is 2.62. The molecule has 2 N–H and O–H groups in total. The van der Waals surface area contributed by atoms with Crippen LogP contribution in [0.1, 0.15) is 6.92 Å². The summed E-state index contributed by atoms with van der Waals surface area (Å²) in [6.07, 6.45) is 0. The van der Waals surface area contributed by atoms with Gasteiger partial charge in [-0.2, -0.15) is 0 Å². The number of amides is 1. The Kier molecular flexibility index (Phi) is 7.09. The molecule has 0 radical (unpaired) electrons. The Morgan fingerprint density at radius 2 is 1.45 bits per heavy atom. The second-order valence-corrected chi connectivity index (χ2v) is 8.00. The van der Waals surface area contributed by atoms with Crippen molar-refractivity contribution >= 4 is 27.3 Å². The van der Waals surface area contributed by atoms with Gasteiger partial charge in [0.1, 0.15) is 5.82 Å². The van der Waals surface area contributed by atoms with Gasteiger partial charge in [0.05, 0.1) is 22.9 Å². The number of ether oxygens (including phenoxy) is 2. The van der Waals surface area contributed by atoms with E-state index in [0.717, 1.165) is 24.3 Å². The monoisotopic (exact) mass is 444 g/mol. The molecule has 0 atom stereocenters. The van der Waals surface area contributed by atoms with Gasteiger partial charge in [-0.1, -0.05) is 24.3 Å². The Morgan fingerprint density at radius 3 is 2.10 bits per heavy atom. The summed E-state index contributed by atoms with van der Waals surface area (Å²) in [4.78, 5) is 12.3. The van der Waals surface area contributed by atoms with Crippen molar-refractivity contribution in [1.29, 1.82) is 0 Å². The molecule has 0 fully saturated rings. The van der Waals surface area contributed by atoms with Crippen LogP contribution < -0.4 is 19.5 Å². The molecule has 0 heterocycles. The van der Waals surface area contributed by atoms with Gasteiger partial charge in [0.25, 0.3) is 15.9 Å². The van der Waals surface area contributed by atoms with E-state index in [9.17, 15) is 17.6 Å². The lowest BCUT2D eigenvalue weighted by atomic mass is 10.2. The second kappa shape index (κ2) is 9.94. The fourth-order valence-corrected chi connectivity index (χ4v) is 3.75. The Labute approximate surface area is 179 Å². The average Bonchev–Trinajstić information content (AvgIpc) is 2.75. The Hall–Kier alpha value is -3.59. The number of sulfonamides is 1. The van der Waals surface area contributed by atoms with Crippen molar-refractivity contribution in [3.63, 3.8) is 0 Å². The first kappa shape index (κ1) is 22.1. The fourth-order valence-electron chi connectivity index (χ4n) is 2.67. The third-order valence-electron chi connectivity index (χ3n) is 4.08. The zero-order valence-electron chi connectivity index (χ0n) is 16.7. The molecular weight excluding hydrogens is 423 g/mol. The number of rotatable bonds is 9. The molecule has 0 bridgehead atoms. The number of hydrogen-bond acceptors (Lipinski definition) is 5. The van der Waals surface area contributed by atoms with E-state index in [-0.39, 0.29) is 22.9 Å². The molecule has 0 unspecified atom stereocenters. The van der Waals surface area contributed by atoms with Crippen molar-refractivity contribution in [2.75, 3.05) is 23.3 Å². The third-order valence-corrected chi connectivity index (χ3v) is 5.46. The van der Waals surface area contributed by atoms with Gasteiger partial charge in [-0.15, -0.1) is 0 Å². The maximum atomic E-state index is 13.1. The minimum atomic E-state index is -3.97. The molecule has 0 saturated heterocycles. The summed E-state index contributed by atoms with van der Waals surface area (Å²) in [7, 11) is -3.97. The van der Waals surface area contributed by atoms with Crippen molar-refractivity contribution in [2.45, 2.75) is 11.8 Å². The molecule has 0 aliphatic rings. The van der Waals surface area contributed by atoms with Gasteiger partial charge in [-0.25, -0.2) is 12.8 Å². The minimum absolute atomic E-state index is 0.106. The normalized spacial score (nSPS) is 10.9. The number of halogens is 1. The van der Waals surface area contributed by atoms with E-state index in [0.29, 0.717) is 18.1 Å². The van der Waals surface area contributed by atoms with E-state index in [4.69, 9.17) is 9.47 Å². The molecule has 0 aliphatic heterocycles. The summed E-state index contributed by atoms with van der Waals surface area (Å²) >= 11 is 0. The van der Waals surface area contributed by atoms with Gasteiger partial charge < -0.3 is 14.8 Å². The highest BCUT2D eigenvalue weighted by molar-refractivity contribution is 7.92. The van der Waals surface area contributed by atoms with E-state index in [2.05, 4.69) is 10.0 Å². The number of carbonyl (C=O) groups excluding carboxylic acids is 1. The van der Waals surface area contributed by atoms with Crippen LogP contribution in [0, 0.1) is 5.82 Å². The summed E-state index contributed by atoms with van der Waals surface area (Å²) in [5.74, 6) is -0.0905. The first-order valence-electron chi connectivity index (χ1n) is 9.41. The second-order valence-electron chi connectivity index (χ2n) is 6.32. The van der Waals surface area contributed by atoms with Gasteiger partial charge >= 0.3 is 0 Å². The Morgan fingerprint density at radius 1 is 0.871 bits per heavy atom. The number of anilines is 2. The maximum absolute atomic E-state index is 13.1. The van der Waals surface area contributed by atoms with E-state index in [1.807, 2.05) is 6.92 Å². The van der Waals surface area contributed by atoms with Gasteiger partial charge in [-0.3, -0.25) is 9.52 Å². The first-order valence-corrected chi connectivity index (χ1v) is 10.9. The minimum Gasteiger partial charge on any atom is -0.490 e. The van der Waals surface area contributed by atoms with Crippen molar-refractivity contribution in [3.05, 3.63) is 78.6 Å². The SMILES string of the molecule is CCOc1ccccc1OCC(=O)Nc1ccccc1NS(=O)(=O)c1ccc(F)cc1. The van der Waals surface area contributed by atoms with Crippen molar-refractivity contribution < 1.29 is 27.1 Å². The molecule has 0 aliphatic carbocycles. The summed E-state index contributed by atoms with van der Waals surface area (Å²) in [6.45, 7) is 1.99. The molecule has 7 nitrogen and oxygen atoms in total. The average molecular weight is 444 g/mol. The van der Waals surface area contributed by atoms with Gasteiger partial charge in [0, 0.05) is 0 Å². The number of benzene rings is 3. The fraction of sp³-hybridized carbons (Fsp3) is 0.136. The summed E-state index contributed by atoms with van der Waals surface area (Å²) in [5.41, 5.74) is 0.412. The quantitative estimate of drug-likeness (QED) is 0.520. The molecule has 0 saturated carbocycles. The van der Waals surface area contributed by atoms with E-state index >= 15 is 0 Å². The third kappa shape index (κ3) is 5.95. The first-order chi connectivity index (χ1) is 14.9. The van der Waals surface area contributed by atoms with Crippen LogP contribution in [0.15, 0.2) is 77.7 Å². The Balaban J connectivity index is 1.69. The standard InChI is InChI=1S/C22H21FN2O5S/c1-2-29-20-9-5-6-10-21(20)30-15-22(26)24-18-7-3-4-8-19(18)25-31(27,28)17-13-11-16(23)12-14-17/h3-14,25H,2,15H2,1H3,(H,24,26). The van der Waals surface area contributed by atoms with Crippen LogP contribution in [-0.4, -0.2) is 27.5 Å². The molecule has 9 heteroatoms. The number of hydrogen-bond donors (Lipinski definition) is 2. The van der Waals surface area contributed by atoms with Crippen LogP contribution in [0.3, 0.4) is 0 Å². The topological polar surface area (TPSA) is 93.7 Å². The van der Waals surface area contributed by atoms with E-state index in [1.165, 1.54) is 6.07 Å². The van der Waals surface area contributed by atoms with Crippen molar-refractivity contribution in [3.8, 4) is 11.5 Å². The maximum Gasteiger partial charge on any atom is 0.262 e. The lowest BCUT2D eigenvalue weighted by Crippen LogP contribution is -2.22. The molecule has 0 spiro atoms. The molecule has 3 aromatic rings. The highest BCUT2D eigenvalue weighted by Gasteiger charge is 2.17. The summed E-state index contributed by atoms with van der Waals surface area (Å²) in [6, 6.07) is 17.7. The lowest BCUT2D eigenvalue weighted by molar-refractivity contribution is -0.118. The summed E-state index contributed by atoms with van der Waals surface area (Å²) < 4.78 is 51.6. The Bertz CT molecular complexity index is 1150. The van der Waals surface area contributed by atoms with Gasteiger partial charge in [-0.05, 0) is 55.5 Å². The molecule has 31 heavy (non-hydrogen) atoms. The predicted molar refractivity (Wildman–Crippen MR) is 115 cm³/mol. The van der Waals surface area contributed by atoms with Crippen LogP contribution in [0.4, 0.5) is 15.8 Å². The number of nitrogens with one attached hydrogen (secondary N) is 2. The van der Waals surface area contributed by atoms with Gasteiger partial charge in [0.2, 0.25) is 0 Å². The molecule has 1 amide bonds. The molecule has 0 aromatic heterocycles. The number of para-hydroxylation sites is 4. The van der Waals surface area contributed by atoms with E-state index in [1.54, 1.807) is 42.5 Å². The van der Waals surface area contributed by atoms with Crippen molar-refractivity contribution in [2.24, 2.45) is 0 Å². The molecule has 3 rings (SSSR count). The largest absolute Gasteiger partial charge is 0.490 e. The highest BCUT2D eigenvalue weighted by Crippen LogP contribution is 2.27. The lowest BCUT2D eigenvalue weighted by Gasteiger charge is -2.14.